The molecular formula is C10H10O3. The molecule has 1 atom stereocenters. The maximum Gasteiger partial charge on any atom is 0.341 e. The molecule has 1 aromatic carbocycles. The molecule has 1 heterocycles. The Balaban J connectivity index is 2.36. The van der Waals surface area contributed by atoms with Gasteiger partial charge >= 0.3 is 5.97 Å². The lowest BCUT2D eigenvalue weighted by molar-refractivity contribution is -0.0993. The van der Waals surface area contributed by atoms with Gasteiger partial charge in [-0.15, -0.1) is 0 Å². The van der Waals surface area contributed by atoms with Crippen molar-refractivity contribution in [1.29, 1.82) is 0 Å². The molecule has 0 spiro atoms. The van der Waals surface area contributed by atoms with Crippen LogP contribution < -0.4 is 0 Å². The largest absolute Gasteiger partial charge is 0.428 e. The molecule has 1 unspecified atom stereocenters. The third-order valence-electron chi connectivity index (χ3n) is 1.97. The van der Waals surface area contributed by atoms with E-state index in [1.165, 1.54) is 0 Å². The summed E-state index contributed by atoms with van der Waals surface area (Å²) in [4.78, 5) is 11.2. The first-order chi connectivity index (χ1) is 6.33. The molecule has 2 rings (SSSR count). The Kier molecular flexibility index (Phi) is 2.02. The lowest BCUT2D eigenvalue weighted by atomic mass is 10.1. The second kappa shape index (κ2) is 3.18. The van der Waals surface area contributed by atoms with E-state index in [4.69, 9.17) is 9.47 Å². The number of cyclic esters (lactones) is 1. The first-order valence-electron chi connectivity index (χ1n) is 4.24. The van der Waals surface area contributed by atoms with Crippen LogP contribution in [0.1, 0.15) is 29.1 Å². The van der Waals surface area contributed by atoms with Crippen LogP contribution in [0.2, 0.25) is 0 Å². The van der Waals surface area contributed by atoms with E-state index in [1.54, 1.807) is 6.07 Å². The molecular weight excluding hydrogens is 168 g/mol. The van der Waals surface area contributed by atoms with Gasteiger partial charge in [0.1, 0.15) is 0 Å². The topological polar surface area (TPSA) is 35.5 Å². The molecule has 0 aromatic heterocycles. The van der Waals surface area contributed by atoms with Crippen molar-refractivity contribution in [2.45, 2.75) is 13.2 Å². The minimum Gasteiger partial charge on any atom is -0.428 e. The van der Waals surface area contributed by atoms with Crippen LogP contribution in [0.15, 0.2) is 24.3 Å². The van der Waals surface area contributed by atoms with Crippen LogP contribution in [0.3, 0.4) is 0 Å². The Morgan fingerprint density at radius 1 is 1.46 bits per heavy atom. The van der Waals surface area contributed by atoms with Crippen molar-refractivity contribution >= 4 is 5.97 Å². The van der Waals surface area contributed by atoms with Crippen LogP contribution in [-0.2, 0) is 9.47 Å². The molecule has 0 amide bonds. The third kappa shape index (κ3) is 1.31. The summed E-state index contributed by atoms with van der Waals surface area (Å²) in [6.07, 6.45) is -0.506. The van der Waals surface area contributed by atoms with Crippen molar-refractivity contribution in [3.8, 4) is 0 Å². The molecule has 0 radical (unpaired) electrons. The predicted octanol–water partition coefficient (Wildman–Crippen LogP) is 1.89. The first kappa shape index (κ1) is 8.26. The zero-order valence-corrected chi connectivity index (χ0v) is 7.32. The van der Waals surface area contributed by atoms with Crippen molar-refractivity contribution in [1.82, 2.24) is 0 Å². The van der Waals surface area contributed by atoms with Crippen LogP contribution >= 0.6 is 0 Å². The smallest absolute Gasteiger partial charge is 0.341 e. The van der Waals surface area contributed by atoms with E-state index < -0.39 is 6.29 Å². The number of esters is 1. The van der Waals surface area contributed by atoms with E-state index in [-0.39, 0.29) is 5.97 Å². The number of carbonyl (C=O) groups is 1. The highest BCUT2D eigenvalue weighted by atomic mass is 16.7. The normalized spacial score (nSPS) is 19.8. The van der Waals surface area contributed by atoms with Crippen molar-refractivity contribution in [3.05, 3.63) is 35.4 Å². The van der Waals surface area contributed by atoms with Gasteiger partial charge in [0.25, 0.3) is 0 Å². The van der Waals surface area contributed by atoms with Crippen LogP contribution in [0.25, 0.3) is 0 Å². The summed E-state index contributed by atoms with van der Waals surface area (Å²) in [6, 6.07) is 7.28. The molecule has 0 fully saturated rings. The summed E-state index contributed by atoms with van der Waals surface area (Å²) < 4.78 is 10.3. The number of hydrogen-bond acceptors (Lipinski definition) is 3. The molecule has 0 N–H and O–H groups in total. The quantitative estimate of drug-likeness (QED) is 0.649. The lowest BCUT2D eigenvalue weighted by Crippen LogP contribution is -2.03. The van der Waals surface area contributed by atoms with E-state index in [0.717, 1.165) is 5.56 Å². The molecule has 1 aliphatic rings. The van der Waals surface area contributed by atoms with Crippen molar-refractivity contribution in [3.63, 3.8) is 0 Å². The van der Waals surface area contributed by atoms with Gasteiger partial charge in [-0.2, -0.15) is 0 Å². The molecule has 13 heavy (non-hydrogen) atoms. The molecule has 1 aromatic rings. The highest BCUT2D eigenvalue weighted by Gasteiger charge is 2.30. The summed E-state index contributed by atoms with van der Waals surface area (Å²) in [6.45, 7) is 2.40. The summed E-state index contributed by atoms with van der Waals surface area (Å²) in [5.74, 6) is -0.297. The highest BCUT2D eigenvalue weighted by molar-refractivity contribution is 5.93. The minimum atomic E-state index is -0.506. The van der Waals surface area contributed by atoms with E-state index >= 15 is 0 Å². The van der Waals surface area contributed by atoms with Gasteiger partial charge in [-0.3, -0.25) is 0 Å². The fraction of sp³-hybridized carbons (Fsp3) is 0.300. The first-order valence-corrected chi connectivity index (χ1v) is 4.24. The molecule has 0 saturated heterocycles. The van der Waals surface area contributed by atoms with Gasteiger partial charge < -0.3 is 9.47 Å². The minimum absolute atomic E-state index is 0.297. The van der Waals surface area contributed by atoms with Crippen LogP contribution in [-0.4, -0.2) is 12.6 Å². The summed E-state index contributed by atoms with van der Waals surface area (Å²) in [5.41, 5.74) is 1.44. The fourth-order valence-electron chi connectivity index (χ4n) is 1.39. The average Bonchev–Trinajstić information content (AvgIpc) is 2.46. The SMILES string of the molecule is CCOC1OC(=O)c2ccccc21. The van der Waals surface area contributed by atoms with Gasteiger partial charge in [0.2, 0.25) is 6.29 Å². The van der Waals surface area contributed by atoms with Gasteiger partial charge in [-0.05, 0) is 13.0 Å². The number of fused-ring (bicyclic) bond motifs is 1. The van der Waals surface area contributed by atoms with E-state index in [9.17, 15) is 4.79 Å². The van der Waals surface area contributed by atoms with Gasteiger partial charge in [0.05, 0.1) is 5.56 Å². The van der Waals surface area contributed by atoms with Gasteiger partial charge in [0.15, 0.2) is 0 Å². The summed E-state index contributed by atoms with van der Waals surface area (Å²) >= 11 is 0. The van der Waals surface area contributed by atoms with Gasteiger partial charge in [-0.25, -0.2) is 4.79 Å². The molecule has 3 nitrogen and oxygen atoms in total. The second-order valence-electron chi connectivity index (χ2n) is 2.78. The second-order valence-corrected chi connectivity index (χ2v) is 2.78. The monoisotopic (exact) mass is 178 g/mol. The maximum atomic E-state index is 11.2. The standard InChI is InChI=1S/C10H10O3/c1-2-12-10-8-6-4-3-5-7(8)9(11)13-10/h3-6,10H,2H2,1H3. The Morgan fingerprint density at radius 3 is 3.00 bits per heavy atom. The van der Waals surface area contributed by atoms with E-state index in [0.29, 0.717) is 12.2 Å². The Bertz CT molecular complexity index is 333. The molecule has 0 aliphatic carbocycles. The van der Waals surface area contributed by atoms with Gasteiger partial charge in [-0.1, -0.05) is 18.2 Å². The lowest BCUT2D eigenvalue weighted by Gasteiger charge is -2.09. The number of benzene rings is 1. The number of carbonyl (C=O) groups excluding carboxylic acids is 1. The number of rotatable bonds is 2. The number of ether oxygens (including phenoxy) is 2. The van der Waals surface area contributed by atoms with Crippen LogP contribution in [0.5, 0.6) is 0 Å². The Hall–Kier alpha value is -1.35. The molecule has 1 aliphatic heterocycles. The van der Waals surface area contributed by atoms with Gasteiger partial charge in [0, 0.05) is 12.2 Å². The summed E-state index contributed by atoms with van der Waals surface area (Å²) in [7, 11) is 0. The maximum absolute atomic E-state index is 11.2. The average molecular weight is 178 g/mol. The Labute approximate surface area is 76.3 Å². The number of hydrogen-bond donors (Lipinski definition) is 0. The summed E-state index contributed by atoms with van der Waals surface area (Å²) in [5, 5.41) is 0. The third-order valence-corrected chi connectivity index (χ3v) is 1.97. The van der Waals surface area contributed by atoms with Crippen molar-refractivity contribution < 1.29 is 14.3 Å². The van der Waals surface area contributed by atoms with Crippen molar-refractivity contribution in [2.75, 3.05) is 6.61 Å². The molecule has 0 saturated carbocycles. The zero-order chi connectivity index (χ0) is 9.26. The van der Waals surface area contributed by atoms with E-state index in [2.05, 4.69) is 0 Å². The predicted molar refractivity (Wildman–Crippen MR) is 46.2 cm³/mol. The van der Waals surface area contributed by atoms with Crippen LogP contribution in [0.4, 0.5) is 0 Å². The zero-order valence-electron chi connectivity index (χ0n) is 7.32. The highest BCUT2D eigenvalue weighted by Crippen LogP contribution is 2.30. The Morgan fingerprint density at radius 2 is 2.23 bits per heavy atom. The van der Waals surface area contributed by atoms with E-state index in [1.807, 2.05) is 25.1 Å². The molecule has 0 bridgehead atoms. The van der Waals surface area contributed by atoms with Crippen LogP contribution in [0, 0.1) is 0 Å². The van der Waals surface area contributed by atoms with Crippen molar-refractivity contribution in [2.24, 2.45) is 0 Å². The molecule has 68 valence electrons. The molecule has 3 heteroatoms. The fourth-order valence-corrected chi connectivity index (χ4v) is 1.39.